The first-order chi connectivity index (χ1) is 6.47. The maximum Gasteiger partial charge on any atom is 0.345 e. The van der Waals surface area contributed by atoms with Crippen LogP contribution in [0.4, 0.5) is 0 Å². The van der Waals surface area contributed by atoms with E-state index in [0.29, 0.717) is 5.75 Å². The zero-order valence-corrected chi connectivity index (χ0v) is 9.06. The number of rotatable bonds is 5. The molecule has 0 rings (SSSR count). The van der Waals surface area contributed by atoms with Crippen LogP contribution in [0.2, 0.25) is 0 Å². The van der Waals surface area contributed by atoms with E-state index in [2.05, 4.69) is 12.2 Å². The maximum absolute atomic E-state index is 10.5. The predicted molar refractivity (Wildman–Crippen MR) is 55.5 cm³/mol. The molecule has 0 amide bonds. The standard InChI is InChI=1S/C7H10O5S2/c1-2-14-7(13)12-4(6(10)11)3-5(8)9/h4H,2-3H2,1H3,(H,8,9)(H,10,11)/t4-/m0/s1. The lowest BCUT2D eigenvalue weighted by atomic mass is 10.2. The molecule has 5 nitrogen and oxygen atoms in total. The van der Waals surface area contributed by atoms with Crippen molar-refractivity contribution < 1.29 is 24.5 Å². The zero-order chi connectivity index (χ0) is 11.1. The van der Waals surface area contributed by atoms with E-state index >= 15 is 0 Å². The van der Waals surface area contributed by atoms with Crippen molar-refractivity contribution in [1.82, 2.24) is 0 Å². The van der Waals surface area contributed by atoms with Gasteiger partial charge in [0.1, 0.15) is 0 Å². The maximum atomic E-state index is 10.5. The van der Waals surface area contributed by atoms with E-state index in [9.17, 15) is 9.59 Å². The molecular formula is C7H10O5S2. The molecule has 0 aromatic heterocycles. The van der Waals surface area contributed by atoms with Gasteiger partial charge in [0.25, 0.3) is 0 Å². The Morgan fingerprint density at radius 3 is 2.43 bits per heavy atom. The molecule has 1 atom stereocenters. The second-order valence-electron chi connectivity index (χ2n) is 2.23. The molecule has 0 spiro atoms. The summed E-state index contributed by atoms with van der Waals surface area (Å²) in [6.07, 6.45) is -2.00. The number of carboxylic acids is 2. The first-order valence-corrected chi connectivity index (χ1v) is 5.14. The first kappa shape index (κ1) is 13.2. The minimum atomic E-state index is -1.40. The summed E-state index contributed by atoms with van der Waals surface area (Å²) < 4.78 is 4.83. The van der Waals surface area contributed by atoms with E-state index < -0.39 is 24.5 Å². The third-order valence-electron chi connectivity index (χ3n) is 1.14. The molecule has 0 aromatic rings. The molecule has 7 heteroatoms. The Kier molecular flexibility index (Phi) is 6.22. The highest BCUT2D eigenvalue weighted by Gasteiger charge is 2.23. The summed E-state index contributed by atoms with van der Waals surface area (Å²) in [7, 11) is 0. The average Bonchev–Trinajstić information content (AvgIpc) is 2.02. The Bertz CT molecular complexity index is 240. The SMILES string of the molecule is CCSC(=S)O[C@@H](CC(=O)O)C(=O)O. The molecule has 0 aliphatic carbocycles. The van der Waals surface area contributed by atoms with Gasteiger partial charge in [-0.05, 0) is 18.0 Å². The van der Waals surface area contributed by atoms with Crippen LogP contribution in [0, 0.1) is 0 Å². The molecule has 0 bridgehead atoms. The monoisotopic (exact) mass is 238 g/mol. The largest absolute Gasteiger partial charge is 0.481 e. The Balaban J connectivity index is 4.16. The van der Waals surface area contributed by atoms with Crippen LogP contribution >= 0.6 is 24.0 Å². The summed E-state index contributed by atoms with van der Waals surface area (Å²) in [5.74, 6) is -1.91. The van der Waals surface area contributed by atoms with Crippen LogP contribution in [-0.2, 0) is 14.3 Å². The lowest BCUT2D eigenvalue weighted by Gasteiger charge is -2.12. The molecule has 0 aliphatic heterocycles. The van der Waals surface area contributed by atoms with Gasteiger partial charge in [-0.3, -0.25) is 4.79 Å². The lowest BCUT2D eigenvalue weighted by molar-refractivity contribution is -0.151. The van der Waals surface area contributed by atoms with Gasteiger partial charge in [-0.25, -0.2) is 4.79 Å². The molecule has 0 heterocycles. The Morgan fingerprint density at radius 2 is 2.07 bits per heavy atom. The van der Waals surface area contributed by atoms with Gasteiger partial charge < -0.3 is 14.9 Å². The molecule has 80 valence electrons. The van der Waals surface area contributed by atoms with Gasteiger partial charge in [0.05, 0.1) is 6.42 Å². The highest BCUT2D eigenvalue weighted by molar-refractivity contribution is 8.22. The molecule has 0 saturated carbocycles. The van der Waals surface area contributed by atoms with Gasteiger partial charge in [-0.2, -0.15) is 0 Å². The molecular weight excluding hydrogens is 228 g/mol. The van der Waals surface area contributed by atoms with Crippen LogP contribution in [0.1, 0.15) is 13.3 Å². The smallest absolute Gasteiger partial charge is 0.345 e. The molecule has 0 fully saturated rings. The third kappa shape index (κ3) is 5.76. The second-order valence-corrected chi connectivity index (χ2v) is 4.09. The number of aliphatic carboxylic acids is 2. The summed E-state index contributed by atoms with van der Waals surface area (Å²) >= 11 is 5.84. The minimum Gasteiger partial charge on any atom is -0.481 e. The Labute approximate surface area is 90.4 Å². The predicted octanol–water partition coefficient (Wildman–Crippen LogP) is 0.969. The highest BCUT2D eigenvalue weighted by Crippen LogP contribution is 2.10. The number of thioether (sulfide) groups is 1. The molecule has 0 aromatic carbocycles. The van der Waals surface area contributed by atoms with Crippen molar-refractivity contribution in [1.29, 1.82) is 0 Å². The summed E-state index contributed by atoms with van der Waals surface area (Å²) in [6.45, 7) is 1.83. The Hall–Kier alpha value is -0.820. The number of hydrogen-bond donors (Lipinski definition) is 2. The van der Waals surface area contributed by atoms with E-state index in [1.165, 1.54) is 0 Å². The quantitative estimate of drug-likeness (QED) is 0.690. The van der Waals surface area contributed by atoms with E-state index in [-0.39, 0.29) is 4.38 Å². The first-order valence-electron chi connectivity index (χ1n) is 3.75. The highest BCUT2D eigenvalue weighted by atomic mass is 32.2. The number of hydrogen-bond acceptors (Lipinski definition) is 5. The Morgan fingerprint density at radius 1 is 1.50 bits per heavy atom. The summed E-state index contributed by atoms with van der Waals surface area (Å²) in [4.78, 5) is 20.8. The van der Waals surface area contributed by atoms with Crippen LogP contribution in [0.15, 0.2) is 0 Å². The molecule has 0 unspecified atom stereocenters. The van der Waals surface area contributed by atoms with Gasteiger partial charge in [-0.1, -0.05) is 18.7 Å². The number of thiocarbonyl (C=S) groups is 1. The average molecular weight is 238 g/mol. The molecule has 14 heavy (non-hydrogen) atoms. The van der Waals surface area contributed by atoms with Crippen molar-refractivity contribution in [3.8, 4) is 0 Å². The molecule has 0 aliphatic rings. The van der Waals surface area contributed by atoms with E-state index in [1.807, 2.05) is 6.92 Å². The fourth-order valence-electron chi connectivity index (χ4n) is 0.606. The van der Waals surface area contributed by atoms with Crippen molar-refractivity contribution in [3.05, 3.63) is 0 Å². The van der Waals surface area contributed by atoms with Crippen LogP contribution in [-0.4, -0.2) is 38.4 Å². The fourth-order valence-corrected chi connectivity index (χ4v) is 1.50. The normalized spacial score (nSPS) is 11.8. The summed E-state index contributed by atoms with van der Waals surface area (Å²) in [5.41, 5.74) is 0. The van der Waals surface area contributed by atoms with Crippen molar-refractivity contribution in [2.24, 2.45) is 0 Å². The van der Waals surface area contributed by atoms with Gasteiger partial charge in [0, 0.05) is 0 Å². The fraction of sp³-hybridized carbons (Fsp3) is 0.571. The summed E-state index contributed by atoms with van der Waals surface area (Å²) in [5, 5.41) is 17.0. The van der Waals surface area contributed by atoms with E-state index in [1.54, 1.807) is 0 Å². The van der Waals surface area contributed by atoms with Gasteiger partial charge in [0.15, 0.2) is 0 Å². The van der Waals surface area contributed by atoms with Crippen molar-refractivity contribution in [2.45, 2.75) is 19.4 Å². The van der Waals surface area contributed by atoms with Crippen molar-refractivity contribution >= 4 is 40.3 Å². The third-order valence-corrected chi connectivity index (χ3v) is 2.21. The van der Waals surface area contributed by atoms with Gasteiger partial charge in [-0.15, -0.1) is 0 Å². The van der Waals surface area contributed by atoms with Crippen LogP contribution in [0.25, 0.3) is 0 Å². The van der Waals surface area contributed by atoms with E-state index in [4.69, 9.17) is 14.9 Å². The van der Waals surface area contributed by atoms with Gasteiger partial charge >= 0.3 is 11.9 Å². The molecule has 0 radical (unpaired) electrons. The minimum absolute atomic E-state index is 0.0566. The molecule has 0 saturated heterocycles. The van der Waals surface area contributed by atoms with Crippen LogP contribution in [0.3, 0.4) is 0 Å². The number of carbonyl (C=O) groups is 2. The number of carboxylic acid groups (broad SMARTS) is 2. The number of ether oxygens (including phenoxy) is 1. The van der Waals surface area contributed by atoms with Gasteiger partial charge in [0.2, 0.25) is 10.5 Å². The van der Waals surface area contributed by atoms with Crippen LogP contribution in [0.5, 0.6) is 0 Å². The van der Waals surface area contributed by atoms with Crippen molar-refractivity contribution in [2.75, 3.05) is 5.75 Å². The molecule has 2 N–H and O–H groups in total. The zero-order valence-electron chi connectivity index (χ0n) is 7.43. The lowest BCUT2D eigenvalue weighted by Crippen LogP contribution is -2.28. The topological polar surface area (TPSA) is 83.8 Å². The summed E-state index contributed by atoms with van der Waals surface area (Å²) in [6, 6.07) is 0. The van der Waals surface area contributed by atoms with Crippen LogP contribution < -0.4 is 0 Å². The van der Waals surface area contributed by atoms with E-state index in [0.717, 1.165) is 11.8 Å². The second kappa shape index (κ2) is 6.61. The van der Waals surface area contributed by atoms with Crippen molar-refractivity contribution in [3.63, 3.8) is 0 Å².